The summed E-state index contributed by atoms with van der Waals surface area (Å²) in [6.07, 6.45) is 3.64. The van der Waals surface area contributed by atoms with Crippen molar-refractivity contribution < 1.29 is 4.74 Å². The van der Waals surface area contributed by atoms with Crippen molar-refractivity contribution in [3.05, 3.63) is 35.4 Å². The molecule has 1 fully saturated rings. The fraction of sp³-hybridized carbons (Fsp3) is 0.647. The van der Waals surface area contributed by atoms with Gasteiger partial charge in [0.1, 0.15) is 0 Å². The maximum absolute atomic E-state index is 5.37. The zero-order valence-electron chi connectivity index (χ0n) is 12.4. The second-order valence-corrected chi connectivity index (χ2v) is 5.97. The van der Waals surface area contributed by atoms with Gasteiger partial charge in [0, 0.05) is 13.1 Å². The van der Waals surface area contributed by atoms with Crippen LogP contribution in [0, 0.1) is 5.92 Å². The summed E-state index contributed by atoms with van der Waals surface area (Å²) in [5.74, 6) is 0.743. The lowest BCUT2D eigenvalue weighted by atomic mass is 10.0. The first-order chi connectivity index (χ1) is 9.24. The molecule has 0 atom stereocenters. The Morgan fingerprint density at radius 1 is 1.05 bits per heavy atom. The van der Waals surface area contributed by atoms with Gasteiger partial charge in [-0.3, -0.25) is 4.90 Å². The summed E-state index contributed by atoms with van der Waals surface area (Å²) < 4.78 is 5.37. The molecule has 0 amide bonds. The maximum Gasteiger partial charge on any atom is 0.0594 e. The van der Waals surface area contributed by atoms with Gasteiger partial charge in [0.15, 0.2) is 0 Å². The van der Waals surface area contributed by atoms with Gasteiger partial charge in [-0.15, -0.1) is 0 Å². The Morgan fingerprint density at radius 2 is 1.68 bits per heavy atom. The lowest BCUT2D eigenvalue weighted by molar-refractivity contribution is 0.0375. The monoisotopic (exact) mass is 261 g/mol. The molecule has 106 valence electrons. The van der Waals surface area contributed by atoms with Gasteiger partial charge in [-0.2, -0.15) is 0 Å². The summed E-state index contributed by atoms with van der Waals surface area (Å²) in [6.45, 7) is 9.78. The van der Waals surface area contributed by atoms with Crippen LogP contribution in [0.25, 0.3) is 0 Å². The minimum Gasteiger partial charge on any atom is -0.379 e. The Balaban J connectivity index is 1.70. The summed E-state index contributed by atoms with van der Waals surface area (Å²) in [4.78, 5) is 2.51. The van der Waals surface area contributed by atoms with E-state index < -0.39 is 0 Å². The van der Waals surface area contributed by atoms with E-state index >= 15 is 0 Å². The normalized spacial score (nSPS) is 17.0. The van der Waals surface area contributed by atoms with Gasteiger partial charge in [0.05, 0.1) is 13.2 Å². The average molecular weight is 261 g/mol. The topological polar surface area (TPSA) is 12.5 Å². The third-order valence-electron chi connectivity index (χ3n) is 3.71. The predicted octanol–water partition coefficient (Wildman–Crippen LogP) is 3.15. The minimum absolute atomic E-state index is 0.743. The zero-order valence-corrected chi connectivity index (χ0v) is 12.4. The molecular formula is C17H27NO. The smallest absolute Gasteiger partial charge is 0.0594 e. The zero-order chi connectivity index (χ0) is 13.5. The largest absolute Gasteiger partial charge is 0.379 e. The SMILES string of the molecule is CC(C)Cc1ccc(CCCN2CCOCC2)cc1. The van der Waals surface area contributed by atoms with E-state index in [0.29, 0.717) is 0 Å². The molecule has 1 aliphatic rings. The molecule has 0 radical (unpaired) electrons. The predicted molar refractivity (Wildman–Crippen MR) is 80.6 cm³/mol. The molecule has 2 rings (SSSR count). The Hall–Kier alpha value is -0.860. The molecule has 2 nitrogen and oxygen atoms in total. The van der Waals surface area contributed by atoms with E-state index in [1.807, 2.05) is 0 Å². The minimum atomic E-state index is 0.743. The Morgan fingerprint density at radius 3 is 2.32 bits per heavy atom. The number of hydrogen-bond donors (Lipinski definition) is 0. The van der Waals surface area contributed by atoms with Crippen molar-refractivity contribution >= 4 is 0 Å². The Kier molecular flexibility index (Phi) is 5.87. The standard InChI is InChI=1S/C17H27NO/c1-15(2)14-17-7-5-16(6-8-17)4-3-9-18-10-12-19-13-11-18/h5-8,15H,3-4,9-14H2,1-2H3. The molecule has 0 saturated carbocycles. The van der Waals surface area contributed by atoms with E-state index in [2.05, 4.69) is 43.0 Å². The first kappa shape index (κ1) is 14.5. The van der Waals surface area contributed by atoms with Gasteiger partial charge >= 0.3 is 0 Å². The van der Waals surface area contributed by atoms with Crippen LogP contribution in [-0.2, 0) is 17.6 Å². The molecule has 19 heavy (non-hydrogen) atoms. The van der Waals surface area contributed by atoms with Crippen LogP contribution >= 0.6 is 0 Å². The average Bonchev–Trinajstić information content (AvgIpc) is 2.41. The second-order valence-electron chi connectivity index (χ2n) is 5.97. The summed E-state index contributed by atoms with van der Waals surface area (Å²) in [5, 5.41) is 0. The number of rotatable bonds is 6. The summed E-state index contributed by atoms with van der Waals surface area (Å²) >= 11 is 0. The van der Waals surface area contributed by atoms with Gasteiger partial charge < -0.3 is 4.74 Å². The van der Waals surface area contributed by atoms with Crippen LogP contribution in [0.1, 0.15) is 31.4 Å². The quantitative estimate of drug-likeness (QED) is 0.780. The number of morpholine rings is 1. The maximum atomic E-state index is 5.37. The van der Waals surface area contributed by atoms with Crippen LogP contribution < -0.4 is 0 Å². The van der Waals surface area contributed by atoms with E-state index in [1.165, 1.54) is 36.9 Å². The van der Waals surface area contributed by atoms with E-state index in [-0.39, 0.29) is 0 Å². The van der Waals surface area contributed by atoms with Gasteiger partial charge in [0.2, 0.25) is 0 Å². The molecule has 0 unspecified atom stereocenters. The number of benzene rings is 1. The Labute approximate surface area is 117 Å². The van der Waals surface area contributed by atoms with Gasteiger partial charge in [-0.1, -0.05) is 38.1 Å². The van der Waals surface area contributed by atoms with Crippen molar-refractivity contribution in [2.45, 2.75) is 33.1 Å². The van der Waals surface area contributed by atoms with Crippen LogP contribution in [0.2, 0.25) is 0 Å². The van der Waals surface area contributed by atoms with Crippen molar-refractivity contribution in [1.29, 1.82) is 0 Å². The fourth-order valence-corrected chi connectivity index (χ4v) is 2.64. The number of hydrogen-bond acceptors (Lipinski definition) is 2. The van der Waals surface area contributed by atoms with Crippen molar-refractivity contribution in [2.24, 2.45) is 5.92 Å². The van der Waals surface area contributed by atoms with E-state index in [9.17, 15) is 0 Å². The molecule has 2 heteroatoms. The highest BCUT2D eigenvalue weighted by molar-refractivity contribution is 5.22. The van der Waals surface area contributed by atoms with Crippen LogP contribution in [0.3, 0.4) is 0 Å². The molecule has 0 bridgehead atoms. The summed E-state index contributed by atoms with van der Waals surface area (Å²) in [6, 6.07) is 9.20. The lowest BCUT2D eigenvalue weighted by Crippen LogP contribution is -2.36. The fourth-order valence-electron chi connectivity index (χ4n) is 2.64. The van der Waals surface area contributed by atoms with Crippen LogP contribution in [0.15, 0.2) is 24.3 Å². The molecule has 1 aliphatic heterocycles. The van der Waals surface area contributed by atoms with E-state index in [0.717, 1.165) is 32.2 Å². The molecule has 0 N–H and O–H groups in total. The molecule has 1 aromatic carbocycles. The molecule has 0 spiro atoms. The molecule has 0 aliphatic carbocycles. The van der Waals surface area contributed by atoms with E-state index in [1.54, 1.807) is 0 Å². The van der Waals surface area contributed by atoms with Crippen LogP contribution in [0.5, 0.6) is 0 Å². The number of ether oxygens (including phenoxy) is 1. The van der Waals surface area contributed by atoms with Gasteiger partial charge in [-0.05, 0) is 42.9 Å². The Bertz CT molecular complexity index is 352. The highest BCUT2D eigenvalue weighted by Crippen LogP contribution is 2.11. The molecular weight excluding hydrogens is 234 g/mol. The summed E-state index contributed by atoms with van der Waals surface area (Å²) in [5.41, 5.74) is 2.94. The van der Waals surface area contributed by atoms with Crippen molar-refractivity contribution in [2.75, 3.05) is 32.8 Å². The third-order valence-corrected chi connectivity index (χ3v) is 3.71. The molecule has 1 heterocycles. The second kappa shape index (κ2) is 7.66. The van der Waals surface area contributed by atoms with Gasteiger partial charge in [-0.25, -0.2) is 0 Å². The van der Waals surface area contributed by atoms with Crippen LogP contribution in [0.4, 0.5) is 0 Å². The first-order valence-electron chi connectivity index (χ1n) is 7.62. The molecule has 1 aromatic rings. The third kappa shape index (κ3) is 5.33. The van der Waals surface area contributed by atoms with Crippen molar-refractivity contribution in [1.82, 2.24) is 4.90 Å². The van der Waals surface area contributed by atoms with Crippen molar-refractivity contribution in [3.63, 3.8) is 0 Å². The molecule has 1 saturated heterocycles. The van der Waals surface area contributed by atoms with Gasteiger partial charge in [0.25, 0.3) is 0 Å². The van der Waals surface area contributed by atoms with Crippen molar-refractivity contribution in [3.8, 4) is 0 Å². The van der Waals surface area contributed by atoms with Crippen LogP contribution in [-0.4, -0.2) is 37.7 Å². The summed E-state index contributed by atoms with van der Waals surface area (Å²) in [7, 11) is 0. The lowest BCUT2D eigenvalue weighted by Gasteiger charge is -2.26. The molecule has 0 aromatic heterocycles. The number of nitrogens with zero attached hydrogens (tertiary/aromatic N) is 1. The number of aryl methyl sites for hydroxylation is 1. The van der Waals surface area contributed by atoms with E-state index in [4.69, 9.17) is 4.74 Å². The highest BCUT2D eigenvalue weighted by atomic mass is 16.5. The first-order valence-corrected chi connectivity index (χ1v) is 7.62. The highest BCUT2D eigenvalue weighted by Gasteiger charge is 2.09.